The molecular weight excluding hydrogens is 354 g/mol. The third-order valence-corrected chi connectivity index (χ3v) is 5.49. The van der Waals surface area contributed by atoms with Crippen LogP contribution in [0, 0.1) is 5.92 Å². The van der Waals surface area contributed by atoms with Crippen LogP contribution in [0.4, 0.5) is 0 Å². The van der Waals surface area contributed by atoms with Gasteiger partial charge in [0.1, 0.15) is 5.69 Å². The van der Waals surface area contributed by atoms with Crippen LogP contribution in [-0.2, 0) is 4.79 Å². The highest BCUT2D eigenvalue weighted by atomic mass is 16.2. The van der Waals surface area contributed by atoms with Crippen molar-refractivity contribution in [3.8, 4) is 11.4 Å². The minimum Gasteiger partial charge on any atom is -0.369 e. The Labute approximate surface area is 163 Å². The number of hydrogen-bond acceptors (Lipinski definition) is 3. The monoisotopic (exact) mass is 379 g/mol. The first kappa shape index (κ1) is 18.3. The summed E-state index contributed by atoms with van der Waals surface area (Å²) in [6, 6.07) is 10.00. The van der Waals surface area contributed by atoms with Gasteiger partial charge in [0.25, 0.3) is 5.91 Å². The number of carbonyl (C=O) groups excluding carboxylic acids is 2. The molecule has 1 saturated heterocycles. The van der Waals surface area contributed by atoms with Gasteiger partial charge in [-0.3, -0.25) is 14.3 Å². The van der Waals surface area contributed by atoms with Crippen LogP contribution < -0.4 is 5.73 Å². The number of primary amides is 1. The molecule has 2 N–H and O–H groups in total. The molecule has 146 valence electrons. The zero-order valence-electron chi connectivity index (χ0n) is 16.2. The van der Waals surface area contributed by atoms with Crippen LogP contribution in [-0.4, -0.2) is 44.0 Å². The number of likely N-dealkylation sites (tertiary alicyclic amines) is 1. The molecule has 3 aromatic heterocycles. The van der Waals surface area contributed by atoms with E-state index in [1.807, 2.05) is 56.7 Å². The van der Waals surface area contributed by atoms with E-state index in [1.54, 1.807) is 0 Å². The summed E-state index contributed by atoms with van der Waals surface area (Å²) in [4.78, 5) is 26.4. The SMILES string of the molecule is CC(C)n1ccc(-c2cc(C(=O)N3CCC(C(N)=O)CC3)c3ccccn23)n1. The highest BCUT2D eigenvalue weighted by Crippen LogP contribution is 2.28. The third-order valence-electron chi connectivity index (χ3n) is 5.49. The summed E-state index contributed by atoms with van der Waals surface area (Å²) in [5, 5.41) is 4.66. The molecule has 0 saturated carbocycles. The van der Waals surface area contributed by atoms with E-state index in [1.165, 1.54) is 0 Å². The Morgan fingerprint density at radius 1 is 1.14 bits per heavy atom. The molecule has 0 spiro atoms. The maximum absolute atomic E-state index is 13.2. The zero-order valence-corrected chi connectivity index (χ0v) is 16.2. The van der Waals surface area contributed by atoms with Crippen molar-refractivity contribution in [1.29, 1.82) is 0 Å². The summed E-state index contributed by atoms with van der Waals surface area (Å²) >= 11 is 0. The number of carbonyl (C=O) groups is 2. The fourth-order valence-corrected chi connectivity index (χ4v) is 3.82. The van der Waals surface area contributed by atoms with E-state index in [9.17, 15) is 9.59 Å². The summed E-state index contributed by atoms with van der Waals surface area (Å²) in [5.41, 5.74) is 8.66. The average Bonchev–Trinajstić information content (AvgIpc) is 3.32. The normalized spacial score (nSPS) is 15.5. The Morgan fingerprint density at radius 2 is 1.89 bits per heavy atom. The molecular formula is C21H25N5O2. The van der Waals surface area contributed by atoms with Crippen molar-refractivity contribution in [3.63, 3.8) is 0 Å². The van der Waals surface area contributed by atoms with E-state index in [4.69, 9.17) is 5.73 Å². The Kier molecular flexibility index (Phi) is 4.66. The third kappa shape index (κ3) is 3.17. The number of amides is 2. The lowest BCUT2D eigenvalue weighted by Crippen LogP contribution is -2.41. The van der Waals surface area contributed by atoms with E-state index in [2.05, 4.69) is 18.9 Å². The van der Waals surface area contributed by atoms with Crippen LogP contribution in [0.2, 0.25) is 0 Å². The first-order valence-electron chi connectivity index (χ1n) is 9.70. The van der Waals surface area contributed by atoms with E-state index in [0.717, 1.165) is 16.9 Å². The maximum atomic E-state index is 13.2. The van der Waals surface area contributed by atoms with Crippen LogP contribution in [0.1, 0.15) is 43.1 Å². The van der Waals surface area contributed by atoms with Crippen molar-refractivity contribution < 1.29 is 9.59 Å². The number of aromatic nitrogens is 3. The number of nitrogens with zero attached hydrogens (tertiary/aromatic N) is 4. The van der Waals surface area contributed by atoms with Crippen molar-refractivity contribution in [1.82, 2.24) is 19.1 Å². The predicted octanol–water partition coefficient (Wildman–Crippen LogP) is 2.72. The molecule has 4 rings (SSSR count). The second-order valence-corrected chi connectivity index (χ2v) is 7.64. The molecule has 3 aromatic rings. The van der Waals surface area contributed by atoms with E-state index >= 15 is 0 Å². The second-order valence-electron chi connectivity index (χ2n) is 7.64. The van der Waals surface area contributed by atoms with Crippen molar-refractivity contribution >= 4 is 17.3 Å². The average molecular weight is 379 g/mol. The molecule has 1 aliphatic rings. The summed E-state index contributed by atoms with van der Waals surface area (Å²) in [6.07, 6.45) is 5.16. The molecule has 0 unspecified atom stereocenters. The predicted molar refractivity (Wildman–Crippen MR) is 107 cm³/mol. The molecule has 0 aromatic carbocycles. The van der Waals surface area contributed by atoms with Crippen molar-refractivity contribution in [2.24, 2.45) is 11.7 Å². The number of piperidine rings is 1. The summed E-state index contributed by atoms with van der Waals surface area (Å²) < 4.78 is 3.92. The van der Waals surface area contributed by atoms with Gasteiger partial charge in [-0.1, -0.05) is 6.07 Å². The van der Waals surface area contributed by atoms with E-state index < -0.39 is 0 Å². The number of hydrogen-bond donors (Lipinski definition) is 1. The molecule has 0 radical (unpaired) electrons. The van der Waals surface area contributed by atoms with Crippen molar-refractivity contribution in [2.75, 3.05) is 13.1 Å². The van der Waals surface area contributed by atoms with E-state index in [-0.39, 0.29) is 23.8 Å². The van der Waals surface area contributed by atoms with Gasteiger partial charge in [0.05, 0.1) is 16.8 Å². The fraction of sp³-hybridized carbons (Fsp3) is 0.381. The summed E-state index contributed by atoms with van der Waals surface area (Å²) in [6.45, 7) is 5.26. The molecule has 7 nitrogen and oxygen atoms in total. The zero-order chi connectivity index (χ0) is 19.8. The first-order chi connectivity index (χ1) is 13.5. The van der Waals surface area contributed by atoms with E-state index in [0.29, 0.717) is 31.5 Å². The van der Waals surface area contributed by atoms with Gasteiger partial charge in [-0.15, -0.1) is 0 Å². The molecule has 1 fully saturated rings. The number of rotatable bonds is 4. The minimum atomic E-state index is -0.274. The van der Waals surface area contributed by atoms with Crippen molar-refractivity contribution in [3.05, 3.63) is 48.3 Å². The Bertz CT molecular complexity index is 1020. The molecule has 0 bridgehead atoms. The van der Waals surface area contributed by atoms with Gasteiger partial charge in [0.15, 0.2) is 0 Å². The number of fused-ring (bicyclic) bond motifs is 1. The van der Waals surface area contributed by atoms with Crippen LogP contribution in [0.5, 0.6) is 0 Å². The van der Waals surface area contributed by atoms with Crippen LogP contribution in [0.15, 0.2) is 42.7 Å². The highest BCUT2D eigenvalue weighted by Gasteiger charge is 2.28. The quantitative estimate of drug-likeness (QED) is 0.756. The van der Waals surface area contributed by atoms with Gasteiger partial charge < -0.3 is 15.0 Å². The van der Waals surface area contributed by atoms with Gasteiger partial charge in [-0.05, 0) is 51.0 Å². The summed E-state index contributed by atoms with van der Waals surface area (Å²) in [5.74, 6) is -0.420. The second kappa shape index (κ2) is 7.14. The minimum absolute atomic E-state index is 0.0128. The summed E-state index contributed by atoms with van der Waals surface area (Å²) in [7, 11) is 0. The van der Waals surface area contributed by atoms with Gasteiger partial charge in [-0.2, -0.15) is 5.10 Å². The Morgan fingerprint density at radius 3 is 2.54 bits per heavy atom. The van der Waals surface area contributed by atoms with Gasteiger partial charge in [-0.25, -0.2) is 0 Å². The lowest BCUT2D eigenvalue weighted by molar-refractivity contribution is -0.123. The highest BCUT2D eigenvalue weighted by molar-refractivity contribution is 6.02. The molecule has 2 amide bonds. The molecule has 0 atom stereocenters. The first-order valence-corrected chi connectivity index (χ1v) is 9.70. The van der Waals surface area contributed by atoms with Gasteiger partial charge in [0, 0.05) is 37.4 Å². The van der Waals surface area contributed by atoms with Crippen LogP contribution in [0.3, 0.4) is 0 Å². The maximum Gasteiger partial charge on any atom is 0.256 e. The Balaban J connectivity index is 1.68. The topological polar surface area (TPSA) is 85.6 Å². The van der Waals surface area contributed by atoms with Crippen LogP contribution >= 0.6 is 0 Å². The molecule has 1 aliphatic heterocycles. The molecule has 28 heavy (non-hydrogen) atoms. The Hall–Kier alpha value is -3.09. The van der Waals surface area contributed by atoms with Gasteiger partial charge in [0.2, 0.25) is 5.91 Å². The molecule has 7 heteroatoms. The largest absolute Gasteiger partial charge is 0.369 e. The van der Waals surface area contributed by atoms with Gasteiger partial charge >= 0.3 is 0 Å². The van der Waals surface area contributed by atoms with Crippen molar-refractivity contribution in [2.45, 2.75) is 32.7 Å². The lowest BCUT2D eigenvalue weighted by Gasteiger charge is -2.30. The lowest BCUT2D eigenvalue weighted by atomic mass is 9.96. The smallest absolute Gasteiger partial charge is 0.256 e. The number of nitrogens with two attached hydrogens (primary N) is 1. The number of pyridine rings is 1. The van der Waals surface area contributed by atoms with Crippen LogP contribution in [0.25, 0.3) is 16.9 Å². The fourth-order valence-electron chi connectivity index (χ4n) is 3.82. The standard InChI is InChI=1S/C21H25N5O2/c1-14(2)26-12-8-17(23-26)19-13-16(18-5-3-4-9-25(18)19)21(28)24-10-6-15(7-11-24)20(22)27/h3-5,8-9,12-15H,6-7,10-11H2,1-2H3,(H2,22,27). The molecule has 4 heterocycles. The molecule has 0 aliphatic carbocycles.